The zero-order valence-corrected chi connectivity index (χ0v) is 13.1. The van der Waals surface area contributed by atoms with Gasteiger partial charge in [0, 0.05) is 29.5 Å². The molecule has 1 rings (SSSR count). The number of thioether (sulfide) groups is 1. The van der Waals surface area contributed by atoms with Crippen LogP contribution in [0.1, 0.15) is 18.9 Å². The summed E-state index contributed by atoms with van der Waals surface area (Å²) in [4.78, 5) is 11.8. The van der Waals surface area contributed by atoms with Crippen molar-refractivity contribution in [3.8, 4) is 0 Å². The first kappa shape index (κ1) is 17.1. The molecule has 0 aromatic heterocycles. The summed E-state index contributed by atoms with van der Waals surface area (Å²) >= 11 is 7.54. The van der Waals surface area contributed by atoms with Crippen LogP contribution in [-0.4, -0.2) is 35.7 Å². The van der Waals surface area contributed by atoms with E-state index in [0.29, 0.717) is 17.1 Å². The van der Waals surface area contributed by atoms with Gasteiger partial charge in [-0.2, -0.15) is 11.8 Å². The van der Waals surface area contributed by atoms with Gasteiger partial charge in [-0.3, -0.25) is 4.79 Å². The van der Waals surface area contributed by atoms with Gasteiger partial charge in [0.1, 0.15) is 0 Å². The van der Waals surface area contributed by atoms with Gasteiger partial charge in [-0.05, 0) is 42.9 Å². The number of hydrogen-bond donors (Lipinski definition) is 2. The molecule has 110 valence electrons. The van der Waals surface area contributed by atoms with Crippen molar-refractivity contribution in [1.82, 2.24) is 5.32 Å². The number of carbonyl (C=O) groups is 1. The van der Waals surface area contributed by atoms with E-state index >= 15 is 0 Å². The Balaban J connectivity index is 2.33. The molecule has 3 nitrogen and oxygen atoms in total. The van der Waals surface area contributed by atoms with Gasteiger partial charge in [0.15, 0.2) is 0 Å². The maximum absolute atomic E-state index is 11.8. The summed E-state index contributed by atoms with van der Waals surface area (Å²) in [5.74, 6) is 1.73. The van der Waals surface area contributed by atoms with E-state index in [1.807, 2.05) is 18.2 Å². The summed E-state index contributed by atoms with van der Waals surface area (Å²) in [5.41, 5.74) is 1.63. The Morgan fingerprint density at radius 3 is 2.70 bits per heavy atom. The summed E-state index contributed by atoms with van der Waals surface area (Å²) in [6.07, 6.45) is 2.64. The van der Waals surface area contributed by atoms with Crippen LogP contribution in [0.3, 0.4) is 0 Å². The molecule has 2 N–H and O–H groups in total. The Kier molecular flexibility index (Phi) is 8.42. The third-order valence-corrected chi connectivity index (χ3v) is 3.91. The average molecular weight is 314 g/mol. The number of rotatable bonds is 8. The topological polar surface area (TPSA) is 49.3 Å². The third kappa shape index (κ3) is 6.98. The van der Waals surface area contributed by atoms with Crippen LogP contribution < -0.4 is 5.32 Å². The van der Waals surface area contributed by atoms with Crippen molar-refractivity contribution >= 4 is 35.3 Å². The Morgan fingerprint density at radius 2 is 2.05 bits per heavy atom. The van der Waals surface area contributed by atoms with E-state index in [0.717, 1.165) is 23.5 Å². The van der Waals surface area contributed by atoms with E-state index in [2.05, 4.69) is 5.32 Å². The standard InChI is InChI=1S/C15H20ClNO2S/c1-12(11-13-3-5-14(16)6-4-13)15(19)17-7-10-20-9-2-8-18/h3-6,11,18H,2,7-10H2,1H3,(H,17,19)/b12-11-. The third-order valence-electron chi connectivity index (χ3n) is 2.59. The minimum absolute atomic E-state index is 0.0530. The number of benzene rings is 1. The highest BCUT2D eigenvalue weighted by Gasteiger charge is 2.03. The molecule has 1 amide bonds. The van der Waals surface area contributed by atoms with Crippen molar-refractivity contribution in [3.63, 3.8) is 0 Å². The lowest BCUT2D eigenvalue weighted by molar-refractivity contribution is -0.117. The summed E-state index contributed by atoms with van der Waals surface area (Å²) in [6, 6.07) is 7.36. The first-order valence-electron chi connectivity index (χ1n) is 6.54. The largest absolute Gasteiger partial charge is 0.396 e. The highest BCUT2D eigenvalue weighted by Crippen LogP contribution is 2.12. The normalized spacial score (nSPS) is 11.4. The number of halogens is 1. The molecule has 0 bridgehead atoms. The van der Waals surface area contributed by atoms with Gasteiger partial charge >= 0.3 is 0 Å². The first-order chi connectivity index (χ1) is 9.63. The van der Waals surface area contributed by atoms with Crippen LogP contribution >= 0.6 is 23.4 Å². The second kappa shape index (κ2) is 9.86. The zero-order valence-electron chi connectivity index (χ0n) is 11.6. The molecule has 0 aliphatic heterocycles. The molecule has 0 heterocycles. The molecule has 1 aromatic rings. The highest BCUT2D eigenvalue weighted by atomic mass is 35.5. The Bertz CT molecular complexity index is 446. The van der Waals surface area contributed by atoms with Crippen LogP contribution in [0, 0.1) is 0 Å². The molecule has 0 atom stereocenters. The predicted octanol–water partition coefficient (Wildman–Crippen LogP) is 2.98. The van der Waals surface area contributed by atoms with Crippen LogP contribution in [0.5, 0.6) is 0 Å². The van der Waals surface area contributed by atoms with Crippen LogP contribution in [0.2, 0.25) is 5.02 Å². The second-order valence-corrected chi connectivity index (χ2v) is 5.99. The van der Waals surface area contributed by atoms with E-state index in [1.165, 1.54) is 0 Å². The molecule has 0 fully saturated rings. The minimum atomic E-state index is -0.0530. The van der Waals surface area contributed by atoms with Crippen LogP contribution in [-0.2, 0) is 4.79 Å². The van der Waals surface area contributed by atoms with Gasteiger partial charge in [0.2, 0.25) is 5.91 Å². The fourth-order valence-electron chi connectivity index (χ4n) is 1.52. The van der Waals surface area contributed by atoms with Crippen molar-refractivity contribution in [2.75, 3.05) is 24.7 Å². The second-order valence-electron chi connectivity index (χ2n) is 4.32. The molecule has 0 saturated heterocycles. The Labute approximate surface area is 129 Å². The van der Waals surface area contributed by atoms with Gasteiger partial charge in [0.05, 0.1) is 0 Å². The number of aliphatic hydroxyl groups excluding tert-OH is 1. The van der Waals surface area contributed by atoms with Gasteiger partial charge in [-0.15, -0.1) is 0 Å². The van der Waals surface area contributed by atoms with E-state index in [1.54, 1.807) is 30.8 Å². The van der Waals surface area contributed by atoms with E-state index < -0.39 is 0 Å². The fraction of sp³-hybridized carbons (Fsp3) is 0.400. The maximum Gasteiger partial charge on any atom is 0.246 e. The first-order valence-corrected chi connectivity index (χ1v) is 8.07. The molecular weight excluding hydrogens is 294 g/mol. The molecule has 0 radical (unpaired) electrons. The van der Waals surface area contributed by atoms with Gasteiger partial charge < -0.3 is 10.4 Å². The lowest BCUT2D eigenvalue weighted by atomic mass is 10.1. The Hall–Kier alpha value is -0.970. The SMILES string of the molecule is C/C(=C/c1ccc(Cl)cc1)C(=O)NCCSCCCO. The molecule has 0 spiro atoms. The summed E-state index contributed by atoms with van der Waals surface area (Å²) in [5, 5.41) is 12.2. The zero-order chi connectivity index (χ0) is 14.8. The van der Waals surface area contributed by atoms with E-state index in [4.69, 9.17) is 16.7 Å². The quantitative estimate of drug-likeness (QED) is 0.573. The van der Waals surface area contributed by atoms with Gasteiger partial charge in [-0.1, -0.05) is 23.7 Å². The summed E-state index contributed by atoms with van der Waals surface area (Å²) in [7, 11) is 0. The molecule has 1 aromatic carbocycles. The van der Waals surface area contributed by atoms with Crippen molar-refractivity contribution in [3.05, 3.63) is 40.4 Å². The lowest BCUT2D eigenvalue weighted by Gasteiger charge is -2.05. The van der Waals surface area contributed by atoms with Crippen molar-refractivity contribution in [1.29, 1.82) is 0 Å². The molecule has 0 aliphatic carbocycles. The smallest absolute Gasteiger partial charge is 0.246 e. The van der Waals surface area contributed by atoms with Crippen LogP contribution in [0.25, 0.3) is 6.08 Å². The molecule has 0 aliphatic rings. The summed E-state index contributed by atoms with van der Waals surface area (Å²) < 4.78 is 0. The molecule has 20 heavy (non-hydrogen) atoms. The average Bonchev–Trinajstić information content (AvgIpc) is 2.45. The van der Waals surface area contributed by atoms with E-state index in [-0.39, 0.29) is 12.5 Å². The molecule has 5 heteroatoms. The fourth-order valence-corrected chi connectivity index (χ4v) is 2.43. The molecular formula is C15H20ClNO2S. The highest BCUT2D eigenvalue weighted by molar-refractivity contribution is 7.99. The predicted molar refractivity (Wildman–Crippen MR) is 87.1 cm³/mol. The number of carbonyl (C=O) groups excluding carboxylic acids is 1. The van der Waals surface area contributed by atoms with Gasteiger partial charge in [0.25, 0.3) is 0 Å². The number of nitrogens with one attached hydrogen (secondary N) is 1. The van der Waals surface area contributed by atoms with Crippen molar-refractivity contribution in [2.24, 2.45) is 0 Å². The molecule has 0 saturated carbocycles. The maximum atomic E-state index is 11.8. The Morgan fingerprint density at radius 1 is 1.35 bits per heavy atom. The molecule has 0 unspecified atom stereocenters. The number of aliphatic hydroxyl groups is 1. The van der Waals surface area contributed by atoms with Crippen LogP contribution in [0.4, 0.5) is 0 Å². The van der Waals surface area contributed by atoms with E-state index in [9.17, 15) is 4.79 Å². The number of amides is 1. The monoisotopic (exact) mass is 313 g/mol. The lowest BCUT2D eigenvalue weighted by Crippen LogP contribution is -2.26. The summed E-state index contributed by atoms with van der Waals surface area (Å²) in [6.45, 7) is 2.66. The minimum Gasteiger partial charge on any atom is -0.396 e. The van der Waals surface area contributed by atoms with Gasteiger partial charge in [-0.25, -0.2) is 0 Å². The van der Waals surface area contributed by atoms with Crippen molar-refractivity contribution in [2.45, 2.75) is 13.3 Å². The number of hydrogen-bond acceptors (Lipinski definition) is 3. The van der Waals surface area contributed by atoms with Crippen LogP contribution in [0.15, 0.2) is 29.8 Å². The van der Waals surface area contributed by atoms with Crippen molar-refractivity contribution < 1.29 is 9.90 Å².